The molecule has 0 unspecified atom stereocenters. The largest absolute Gasteiger partial charge is 0.326 e. The SMILES string of the molecule is Cc1nn(C)cc1-c1cc(=O)[nH]c(=O)[nH]1. The van der Waals surface area contributed by atoms with E-state index in [9.17, 15) is 9.59 Å². The van der Waals surface area contributed by atoms with Crippen LogP contribution in [-0.2, 0) is 7.05 Å². The predicted molar refractivity (Wildman–Crippen MR) is 54.6 cm³/mol. The molecule has 6 heteroatoms. The summed E-state index contributed by atoms with van der Waals surface area (Å²) in [5, 5.41) is 4.13. The molecule has 2 heterocycles. The minimum absolute atomic E-state index is 0.419. The van der Waals surface area contributed by atoms with Crippen LogP contribution in [0.2, 0.25) is 0 Å². The zero-order valence-corrected chi connectivity index (χ0v) is 8.37. The number of aryl methyl sites for hydroxylation is 2. The molecule has 2 aromatic heterocycles. The van der Waals surface area contributed by atoms with Crippen LogP contribution in [0.5, 0.6) is 0 Å². The average molecular weight is 206 g/mol. The number of aromatic amines is 2. The molecule has 0 radical (unpaired) electrons. The van der Waals surface area contributed by atoms with Gasteiger partial charge in [-0.25, -0.2) is 4.79 Å². The molecular weight excluding hydrogens is 196 g/mol. The van der Waals surface area contributed by atoms with Crippen molar-refractivity contribution in [1.82, 2.24) is 19.7 Å². The van der Waals surface area contributed by atoms with Gasteiger partial charge in [0, 0.05) is 24.9 Å². The Kier molecular flexibility index (Phi) is 2.03. The normalized spacial score (nSPS) is 10.5. The minimum atomic E-state index is -0.513. The van der Waals surface area contributed by atoms with Crippen molar-refractivity contribution in [2.75, 3.05) is 0 Å². The van der Waals surface area contributed by atoms with E-state index in [2.05, 4.69) is 15.1 Å². The third-order valence-electron chi connectivity index (χ3n) is 2.06. The van der Waals surface area contributed by atoms with E-state index in [0.717, 1.165) is 11.3 Å². The lowest BCUT2D eigenvalue weighted by Crippen LogP contribution is -2.21. The molecular formula is C9H10N4O2. The standard InChI is InChI=1S/C9H10N4O2/c1-5-6(4-13(2)12-5)7-3-8(14)11-9(15)10-7/h3-4H,1-2H3,(H2,10,11,14,15). The summed E-state index contributed by atoms with van der Waals surface area (Å²) in [7, 11) is 1.78. The summed E-state index contributed by atoms with van der Waals surface area (Å²) in [6, 6.07) is 1.34. The fourth-order valence-corrected chi connectivity index (χ4v) is 1.48. The van der Waals surface area contributed by atoms with Gasteiger partial charge in [0.1, 0.15) is 0 Å². The van der Waals surface area contributed by atoms with Gasteiger partial charge in [-0.3, -0.25) is 14.5 Å². The van der Waals surface area contributed by atoms with Gasteiger partial charge in [0.25, 0.3) is 5.56 Å². The molecule has 0 aliphatic heterocycles. The van der Waals surface area contributed by atoms with Gasteiger partial charge in [-0.2, -0.15) is 5.10 Å². The third kappa shape index (κ3) is 1.74. The molecule has 0 spiro atoms. The Morgan fingerprint density at radius 3 is 2.60 bits per heavy atom. The zero-order valence-electron chi connectivity index (χ0n) is 8.37. The Balaban J connectivity index is 2.68. The zero-order chi connectivity index (χ0) is 11.0. The van der Waals surface area contributed by atoms with E-state index in [1.54, 1.807) is 17.9 Å². The minimum Gasteiger partial charge on any atom is -0.307 e. The number of nitrogens with one attached hydrogen (secondary N) is 2. The van der Waals surface area contributed by atoms with Crippen LogP contribution in [0.3, 0.4) is 0 Å². The molecule has 0 aliphatic carbocycles. The topological polar surface area (TPSA) is 83.5 Å². The van der Waals surface area contributed by atoms with Crippen molar-refractivity contribution < 1.29 is 0 Å². The molecule has 0 aliphatic rings. The van der Waals surface area contributed by atoms with E-state index in [0.29, 0.717) is 5.69 Å². The number of aromatic nitrogens is 4. The van der Waals surface area contributed by atoms with E-state index in [-0.39, 0.29) is 0 Å². The lowest BCUT2D eigenvalue weighted by atomic mass is 10.2. The molecule has 0 aromatic carbocycles. The van der Waals surface area contributed by atoms with Gasteiger partial charge in [0.15, 0.2) is 0 Å². The molecule has 0 atom stereocenters. The highest BCUT2D eigenvalue weighted by Crippen LogP contribution is 2.16. The summed E-state index contributed by atoms with van der Waals surface area (Å²) in [6.45, 7) is 1.81. The van der Waals surface area contributed by atoms with Crippen LogP contribution in [0.1, 0.15) is 5.69 Å². The molecule has 0 bridgehead atoms. The molecule has 15 heavy (non-hydrogen) atoms. The number of nitrogens with zero attached hydrogens (tertiary/aromatic N) is 2. The van der Waals surface area contributed by atoms with Crippen LogP contribution in [0.4, 0.5) is 0 Å². The van der Waals surface area contributed by atoms with Gasteiger partial charge >= 0.3 is 5.69 Å². The van der Waals surface area contributed by atoms with Crippen LogP contribution in [0.25, 0.3) is 11.3 Å². The van der Waals surface area contributed by atoms with E-state index in [1.807, 2.05) is 6.92 Å². The van der Waals surface area contributed by atoms with Crippen molar-refractivity contribution in [1.29, 1.82) is 0 Å². The molecule has 0 saturated heterocycles. The summed E-state index contributed by atoms with van der Waals surface area (Å²) in [5.74, 6) is 0. The molecule has 0 fully saturated rings. The second-order valence-corrected chi connectivity index (χ2v) is 3.30. The molecule has 6 nitrogen and oxygen atoms in total. The number of hydrogen-bond donors (Lipinski definition) is 2. The van der Waals surface area contributed by atoms with Gasteiger partial charge in [0.2, 0.25) is 0 Å². The van der Waals surface area contributed by atoms with Crippen molar-refractivity contribution in [2.45, 2.75) is 6.92 Å². The first-order chi connectivity index (χ1) is 7.06. The first-order valence-corrected chi connectivity index (χ1v) is 4.40. The van der Waals surface area contributed by atoms with E-state index in [1.165, 1.54) is 6.07 Å². The highest BCUT2D eigenvalue weighted by molar-refractivity contribution is 5.59. The van der Waals surface area contributed by atoms with Crippen LogP contribution >= 0.6 is 0 Å². The Morgan fingerprint density at radius 2 is 2.07 bits per heavy atom. The summed E-state index contributed by atoms with van der Waals surface area (Å²) in [6.07, 6.45) is 1.75. The smallest absolute Gasteiger partial charge is 0.307 e. The average Bonchev–Trinajstić information content (AvgIpc) is 2.43. The summed E-state index contributed by atoms with van der Waals surface area (Å²) in [4.78, 5) is 26.8. The third-order valence-corrected chi connectivity index (χ3v) is 2.06. The van der Waals surface area contributed by atoms with Crippen LogP contribution in [0.15, 0.2) is 21.9 Å². The molecule has 0 amide bonds. The fraction of sp³-hybridized carbons (Fsp3) is 0.222. The van der Waals surface area contributed by atoms with Gasteiger partial charge in [0.05, 0.1) is 11.4 Å². The quantitative estimate of drug-likeness (QED) is 0.676. The van der Waals surface area contributed by atoms with Crippen LogP contribution < -0.4 is 11.2 Å². The van der Waals surface area contributed by atoms with Crippen molar-refractivity contribution in [3.05, 3.63) is 38.8 Å². The number of hydrogen-bond acceptors (Lipinski definition) is 3. The molecule has 0 saturated carbocycles. The molecule has 2 aromatic rings. The predicted octanol–water partition coefficient (Wildman–Crippen LogP) is -0.228. The van der Waals surface area contributed by atoms with Crippen LogP contribution in [-0.4, -0.2) is 19.7 Å². The fourth-order valence-electron chi connectivity index (χ4n) is 1.48. The maximum absolute atomic E-state index is 11.1. The highest BCUT2D eigenvalue weighted by Gasteiger charge is 2.07. The maximum atomic E-state index is 11.1. The number of H-pyrrole nitrogens is 2. The van der Waals surface area contributed by atoms with E-state index >= 15 is 0 Å². The summed E-state index contributed by atoms with van der Waals surface area (Å²) < 4.78 is 1.63. The van der Waals surface area contributed by atoms with Crippen molar-refractivity contribution in [2.24, 2.45) is 7.05 Å². The highest BCUT2D eigenvalue weighted by atomic mass is 16.2. The molecule has 2 rings (SSSR count). The Labute approximate surface area is 84.6 Å². The maximum Gasteiger partial charge on any atom is 0.326 e. The molecule has 2 N–H and O–H groups in total. The first-order valence-electron chi connectivity index (χ1n) is 4.40. The van der Waals surface area contributed by atoms with E-state index < -0.39 is 11.2 Å². The van der Waals surface area contributed by atoms with Crippen molar-refractivity contribution in [3.8, 4) is 11.3 Å². The lowest BCUT2D eigenvalue weighted by Gasteiger charge is -1.96. The second-order valence-electron chi connectivity index (χ2n) is 3.30. The Morgan fingerprint density at radius 1 is 1.33 bits per heavy atom. The number of rotatable bonds is 1. The van der Waals surface area contributed by atoms with Crippen LogP contribution in [0, 0.1) is 6.92 Å². The summed E-state index contributed by atoms with van der Waals surface area (Å²) in [5.41, 5.74) is 1.06. The Hall–Kier alpha value is -2.11. The van der Waals surface area contributed by atoms with E-state index in [4.69, 9.17) is 0 Å². The van der Waals surface area contributed by atoms with Crippen molar-refractivity contribution >= 4 is 0 Å². The van der Waals surface area contributed by atoms with Crippen molar-refractivity contribution in [3.63, 3.8) is 0 Å². The second kappa shape index (κ2) is 3.23. The van der Waals surface area contributed by atoms with Gasteiger partial charge < -0.3 is 4.98 Å². The van der Waals surface area contributed by atoms with Gasteiger partial charge in [-0.15, -0.1) is 0 Å². The molecule has 78 valence electrons. The first kappa shape index (κ1) is 9.45. The summed E-state index contributed by atoms with van der Waals surface area (Å²) >= 11 is 0. The monoisotopic (exact) mass is 206 g/mol. The van der Waals surface area contributed by atoms with Gasteiger partial charge in [-0.1, -0.05) is 0 Å². The Bertz CT molecular complexity index is 577. The van der Waals surface area contributed by atoms with Gasteiger partial charge in [-0.05, 0) is 6.92 Å². The lowest BCUT2D eigenvalue weighted by molar-refractivity contribution is 0.756.